The van der Waals surface area contributed by atoms with Crippen LogP contribution in [-0.4, -0.2) is 43.9 Å². The van der Waals surface area contributed by atoms with E-state index in [-0.39, 0.29) is 30.9 Å². The van der Waals surface area contributed by atoms with Crippen LogP contribution in [0, 0.1) is 0 Å². The summed E-state index contributed by atoms with van der Waals surface area (Å²) in [7, 11) is 2.74. The molecule has 0 unspecified atom stereocenters. The summed E-state index contributed by atoms with van der Waals surface area (Å²) in [5.41, 5.74) is 0.831. The van der Waals surface area contributed by atoms with Gasteiger partial charge in [0.2, 0.25) is 0 Å². The van der Waals surface area contributed by atoms with Crippen molar-refractivity contribution in [2.75, 3.05) is 27.4 Å². The topological polar surface area (TPSA) is 97.0 Å². The van der Waals surface area contributed by atoms with Gasteiger partial charge in [0.15, 0.2) is 5.58 Å². The summed E-state index contributed by atoms with van der Waals surface area (Å²) < 4.78 is 20.4. The summed E-state index contributed by atoms with van der Waals surface area (Å²) in [6.07, 6.45) is 0. The summed E-state index contributed by atoms with van der Waals surface area (Å²) in [5.74, 6) is -1.84. The van der Waals surface area contributed by atoms with Crippen molar-refractivity contribution < 1.29 is 28.2 Å². The molecule has 118 valence electrons. The lowest BCUT2D eigenvalue weighted by molar-refractivity contribution is -0.145. The van der Waals surface area contributed by atoms with E-state index in [1.165, 1.54) is 32.4 Å². The van der Waals surface area contributed by atoms with E-state index in [1.807, 2.05) is 0 Å². The highest BCUT2D eigenvalue weighted by atomic mass is 16.6. The van der Waals surface area contributed by atoms with Crippen molar-refractivity contribution >= 4 is 23.0 Å². The molecular weight excluding hydrogens is 294 g/mol. The van der Waals surface area contributed by atoms with Gasteiger partial charge in [-0.05, 0) is 18.2 Å². The number of ether oxygens (including phenoxy) is 3. The van der Waals surface area contributed by atoms with Gasteiger partial charge in [-0.25, -0.2) is 9.59 Å². The number of methoxy groups -OCH3 is 2. The van der Waals surface area contributed by atoms with Gasteiger partial charge in [0, 0.05) is 7.11 Å². The van der Waals surface area contributed by atoms with Crippen LogP contribution in [0.1, 0.15) is 10.4 Å². The molecule has 8 heteroatoms. The maximum Gasteiger partial charge on any atom is 0.420 e. The second-order valence-corrected chi connectivity index (χ2v) is 4.34. The van der Waals surface area contributed by atoms with Gasteiger partial charge in [0.05, 0.1) is 24.8 Å². The molecule has 2 rings (SSSR count). The Bertz CT molecular complexity index is 743. The first-order chi connectivity index (χ1) is 10.6. The largest absolute Gasteiger partial charge is 0.465 e. The van der Waals surface area contributed by atoms with Crippen molar-refractivity contribution in [1.29, 1.82) is 0 Å². The predicted octanol–water partition coefficient (Wildman–Crippen LogP) is 0.571. The summed E-state index contributed by atoms with van der Waals surface area (Å²) in [6, 6.07) is 4.38. The SMILES string of the molecule is COCCOC(=O)Cn1c(=O)oc2cc(C(=O)OC)ccc21. The lowest BCUT2D eigenvalue weighted by Gasteiger charge is -2.04. The maximum absolute atomic E-state index is 11.8. The van der Waals surface area contributed by atoms with E-state index < -0.39 is 17.7 Å². The van der Waals surface area contributed by atoms with Crippen LogP contribution in [0.5, 0.6) is 0 Å². The molecule has 0 N–H and O–H groups in total. The van der Waals surface area contributed by atoms with Gasteiger partial charge in [-0.2, -0.15) is 0 Å². The highest BCUT2D eigenvalue weighted by Gasteiger charge is 2.15. The summed E-state index contributed by atoms with van der Waals surface area (Å²) in [6.45, 7) is 0.0920. The van der Waals surface area contributed by atoms with E-state index in [4.69, 9.17) is 13.9 Å². The monoisotopic (exact) mass is 309 g/mol. The summed E-state index contributed by atoms with van der Waals surface area (Å²) in [4.78, 5) is 34.9. The lowest BCUT2D eigenvalue weighted by Crippen LogP contribution is -2.22. The molecule has 1 aromatic heterocycles. The zero-order valence-corrected chi connectivity index (χ0v) is 12.2. The molecule has 2 aromatic rings. The molecule has 0 fully saturated rings. The number of carbonyl (C=O) groups is 2. The normalized spacial score (nSPS) is 10.6. The minimum Gasteiger partial charge on any atom is -0.465 e. The molecule has 0 saturated carbocycles. The van der Waals surface area contributed by atoms with Crippen LogP contribution in [0.2, 0.25) is 0 Å². The molecule has 8 nitrogen and oxygen atoms in total. The van der Waals surface area contributed by atoms with Crippen molar-refractivity contribution in [3.05, 3.63) is 34.3 Å². The fraction of sp³-hybridized carbons (Fsp3) is 0.357. The summed E-state index contributed by atoms with van der Waals surface area (Å²) in [5, 5.41) is 0. The van der Waals surface area contributed by atoms with Gasteiger partial charge < -0.3 is 18.6 Å². The Morgan fingerprint density at radius 1 is 1.23 bits per heavy atom. The van der Waals surface area contributed by atoms with Crippen molar-refractivity contribution in [3.63, 3.8) is 0 Å². The van der Waals surface area contributed by atoms with Gasteiger partial charge in [0.1, 0.15) is 13.2 Å². The molecule has 0 radical (unpaired) electrons. The van der Waals surface area contributed by atoms with Gasteiger partial charge in [-0.15, -0.1) is 0 Å². The molecule has 0 bridgehead atoms. The van der Waals surface area contributed by atoms with Crippen LogP contribution in [0.3, 0.4) is 0 Å². The first kappa shape index (κ1) is 15.8. The van der Waals surface area contributed by atoms with Crippen molar-refractivity contribution in [1.82, 2.24) is 4.57 Å². The standard InChI is InChI=1S/C14H15NO7/c1-19-5-6-21-12(16)8-15-10-4-3-9(13(17)20-2)7-11(10)22-14(15)18/h3-4,7H,5-6,8H2,1-2H3. The first-order valence-corrected chi connectivity index (χ1v) is 6.43. The fourth-order valence-corrected chi connectivity index (χ4v) is 1.87. The molecule has 0 aliphatic heterocycles. The third-order valence-electron chi connectivity index (χ3n) is 2.93. The number of oxazole rings is 1. The Balaban J connectivity index is 2.24. The first-order valence-electron chi connectivity index (χ1n) is 6.43. The smallest absolute Gasteiger partial charge is 0.420 e. The number of hydrogen-bond acceptors (Lipinski definition) is 7. The molecule has 1 heterocycles. The second-order valence-electron chi connectivity index (χ2n) is 4.34. The number of carbonyl (C=O) groups excluding carboxylic acids is 2. The molecule has 0 saturated heterocycles. The van der Waals surface area contributed by atoms with Crippen LogP contribution < -0.4 is 5.76 Å². The van der Waals surface area contributed by atoms with E-state index >= 15 is 0 Å². The highest BCUT2D eigenvalue weighted by molar-refractivity contribution is 5.93. The molecule has 0 spiro atoms. The Morgan fingerprint density at radius 3 is 2.68 bits per heavy atom. The van der Waals surface area contributed by atoms with E-state index in [2.05, 4.69) is 4.74 Å². The van der Waals surface area contributed by atoms with Crippen LogP contribution in [0.25, 0.3) is 11.1 Å². The molecule has 0 atom stereocenters. The van der Waals surface area contributed by atoms with Crippen molar-refractivity contribution in [3.8, 4) is 0 Å². The third kappa shape index (κ3) is 3.34. The van der Waals surface area contributed by atoms with E-state index in [1.54, 1.807) is 0 Å². The minimum absolute atomic E-state index is 0.104. The Labute approximate surface area is 125 Å². The average Bonchev–Trinajstić information content (AvgIpc) is 2.82. The molecular formula is C14H15NO7. The predicted molar refractivity (Wildman–Crippen MR) is 74.6 cm³/mol. The van der Waals surface area contributed by atoms with Gasteiger partial charge >= 0.3 is 17.7 Å². The number of esters is 2. The van der Waals surface area contributed by atoms with Crippen LogP contribution in [0.4, 0.5) is 0 Å². The van der Waals surface area contributed by atoms with Gasteiger partial charge in [0.25, 0.3) is 0 Å². The number of hydrogen-bond donors (Lipinski definition) is 0. The van der Waals surface area contributed by atoms with Gasteiger partial charge in [-0.3, -0.25) is 9.36 Å². The molecule has 0 aliphatic rings. The number of nitrogens with zero attached hydrogens (tertiary/aromatic N) is 1. The molecule has 0 aliphatic carbocycles. The van der Waals surface area contributed by atoms with Crippen LogP contribution in [0.15, 0.2) is 27.4 Å². The Morgan fingerprint density at radius 2 is 2.00 bits per heavy atom. The minimum atomic E-state index is -0.708. The number of fused-ring (bicyclic) bond motifs is 1. The molecule has 0 amide bonds. The number of rotatable bonds is 6. The van der Waals surface area contributed by atoms with Crippen LogP contribution >= 0.6 is 0 Å². The third-order valence-corrected chi connectivity index (χ3v) is 2.93. The van der Waals surface area contributed by atoms with Gasteiger partial charge in [-0.1, -0.05) is 0 Å². The zero-order valence-electron chi connectivity index (χ0n) is 12.2. The number of benzene rings is 1. The second kappa shape index (κ2) is 6.90. The van der Waals surface area contributed by atoms with E-state index in [0.29, 0.717) is 5.52 Å². The quantitative estimate of drug-likeness (QED) is 0.568. The van der Waals surface area contributed by atoms with E-state index in [9.17, 15) is 14.4 Å². The lowest BCUT2D eigenvalue weighted by atomic mass is 10.2. The van der Waals surface area contributed by atoms with E-state index in [0.717, 1.165) is 4.57 Å². The molecule has 1 aromatic carbocycles. The average molecular weight is 309 g/mol. The van der Waals surface area contributed by atoms with Crippen molar-refractivity contribution in [2.45, 2.75) is 6.54 Å². The summed E-state index contributed by atoms with van der Waals surface area (Å²) >= 11 is 0. The van der Waals surface area contributed by atoms with Crippen LogP contribution in [-0.2, 0) is 25.5 Å². The molecule has 22 heavy (non-hydrogen) atoms. The van der Waals surface area contributed by atoms with Crippen molar-refractivity contribution in [2.24, 2.45) is 0 Å². The fourth-order valence-electron chi connectivity index (χ4n) is 1.87. The number of aromatic nitrogens is 1. The maximum atomic E-state index is 11.8. The Hall–Kier alpha value is -2.61. The Kier molecular flexibility index (Phi) is 4.95. The highest BCUT2D eigenvalue weighted by Crippen LogP contribution is 2.16. The zero-order chi connectivity index (χ0) is 16.1.